The molecule has 0 heterocycles. The molecular formula is C20H26O4. The van der Waals surface area contributed by atoms with Gasteiger partial charge in [-0.25, -0.2) is 9.59 Å². The molecule has 2 aliphatic rings. The molecule has 0 radical (unpaired) electrons. The van der Waals surface area contributed by atoms with Crippen LogP contribution < -0.4 is 0 Å². The second-order valence-electron chi connectivity index (χ2n) is 7.27. The number of aromatic carboxylic acids is 2. The predicted molar refractivity (Wildman–Crippen MR) is 92.0 cm³/mol. The molecule has 1 aromatic rings. The Morgan fingerprint density at radius 2 is 1.00 bits per heavy atom. The Kier molecular flexibility index (Phi) is 5.22. The summed E-state index contributed by atoms with van der Waals surface area (Å²) in [6.45, 7) is 0. The summed E-state index contributed by atoms with van der Waals surface area (Å²) in [5.41, 5.74) is 2.34. The van der Waals surface area contributed by atoms with Gasteiger partial charge in [0, 0.05) is 0 Å². The van der Waals surface area contributed by atoms with Crippen molar-refractivity contribution in [2.24, 2.45) is 0 Å². The normalized spacial score (nSPS) is 20.0. The number of carboxylic acids is 2. The maximum atomic E-state index is 11.8. The van der Waals surface area contributed by atoms with Gasteiger partial charge in [0.1, 0.15) is 0 Å². The SMILES string of the molecule is O=C(O)c1ccc(C(=O)O)c(C2CCCCC2)c1C1CCCCC1. The fraction of sp³-hybridized carbons (Fsp3) is 0.600. The Morgan fingerprint density at radius 1 is 0.667 bits per heavy atom. The summed E-state index contributed by atoms with van der Waals surface area (Å²) in [5.74, 6) is -1.46. The molecular weight excluding hydrogens is 304 g/mol. The van der Waals surface area contributed by atoms with Crippen molar-refractivity contribution in [1.29, 1.82) is 0 Å². The Morgan fingerprint density at radius 3 is 1.29 bits per heavy atom. The molecule has 2 N–H and O–H groups in total. The van der Waals surface area contributed by atoms with Gasteiger partial charge < -0.3 is 10.2 Å². The van der Waals surface area contributed by atoms with Crippen molar-refractivity contribution in [3.8, 4) is 0 Å². The van der Waals surface area contributed by atoms with E-state index in [9.17, 15) is 19.8 Å². The zero-order chi connectivity index (χ0) is 17.1. The number of carbonyl (C=O) groups is 2. The first-order chi connectivity index (χ1) is 11.6. The minimum atomic E-state index is -0.926. The molecule has 0 atom stereocenters. The van der Waals surface area contributed by atoms with Gasteiger partial charge in [0.2, 0.25) is 0 Å². The molecule has 130 valence electrons. The highest BCUT2D eigenvalue weighted by atomic mass is 16.4. The fourth-order valence-electron chi connectivity index (χ4n) is 4.67. The van der Waals surface area contributed by atoms with E-state index in [1.807, 2.05) is 0 Å². The maximum Gasteiger partial charge on any atom is 0.335 e. The van der Waals surface area contributed by atoms with Gasteiger partial charge in [-0.2, -0.15) is 0 Å². The number of benzene rings is 1. The van der Waals surface area contributed by atoms with E-state index in [0.29, 0.717) is 11.1 Å². The number of carboxylic acid groups (broad SMARTS) is 2. The summed E-state index contributed by atoms with van der Waals surface area (Å²) >= 11 is 0. The van der Waals surface area contributed by atoms with Crippen molar-refractivity contribution in [2.45, 2.75) is 76.0 Å². The summed E-state index contributed by atoms with van der Waals surface area (Å²) in [6, 6.07) is 3.03. The lowest BCUT2D eigenvalue weighted by Gasteiger charge is -2.32. The van der Waals surface area contributed by atoms with E-state index in [-0.39, 0.29) is 11.8 Å². The van der Waals surface area contributed by atoms with Crippen LogP contribution in [-0.2, 0) is 0 Å². The zero-order valence-corrected chi connectivity index (χ0v) is 14.1. The largest absolute Gasteiger partial charge is 0.478 e. The topological polar surface area (TPSA) is 74.6 Å². The average Bonchev–Trinajstić information content (AvgIpc) is 2.61. The third kappa shape index (κ3) is 3.33. The van der Waals surface area contributed by atoms with Gasteiger partial charge >= 0.3 is 11.9 Å². The van der Waals surface area contributed by atoms with E-state index in [1.54, 1.807) is 0 Å². The van der Waals surface area contributed by atoms with Crippen LogP contribution in [-0.4, -0.2) is 22.2 Å². The van der Waals surface area contributed by atoms with Gasteiger partial charge in [-0.05, 0) is 60.8 Å². The van der Waals surface area contributed by atoms with E-state index in [0.717, 1.165) is 62.5 Å². The Hall–Kier alpha value is -1.84. The average molecular weight is 330 g/mol. The van der Waals surface area contributed by atoms with Gasteiger partial charge in [-0.1, -0.05) is 38.5 Å². The highest BCUT2D eigenvalue weighted by molar-refractivity contribution is 5.95. The monoisotopic (exact) mass is 330 g/mol. The third-order valence-electron chi connectivity index (χ3n) is 5.77. The molecule has 1 aromatic carbocycles. The molecule has 0 amide bonds. The maximum absolute atomic E-state index is 11.8. The third-order valence-corrected chi connectivity index (χ3v) is 5.77. The van der Waals surface area contributed by atoms with E-state index < -0.39 is 11.9 Å². The lowest BCUT2D eigenvalue weighted by molar-refractivity contribution is 0.0677. The predicted octanol–water partition coefficient (Wildman–Crippen LogP) is 5.18. The van der Waals surface area contributed by atoms with Crippen LogP contribution in [0.25, 0.3) is 0 Å². The molecule has 4 nitrogen and oxygen atoms in total. The number of hydrogen-bond acceptors (Lipinski definition) is 2. The van der Waals surface area contributed by atoms with Crippen molar-refractivity contribution >= 4 is 11.9 Å². The molecule has 0 bridgehead atoms. The van der Waals surface area contributed by atoms with E-state index >= 15 is 0 Å². The number of hydrogen-bond donors (Lipinski definition) is 2. The number of rotatable bonds is 4. The quantitative estimate of drug-likeness (QED) is 0.798. The molecule has 0 spiro atoms. The van der Waals surface area contributed by atoms with Gasteiger partial charge in [0.25, 0.3) is 0 Å². The smallest absolute Gasteiger partial charge is 0.335 e. The van der Waals surface area contributed by atoms with E-state index in [2.05, 4.69) is 0 Å². The van der Waals surface area contributed by atoms with Crippen molar-refractivity contribution in [2.75, 3.05) is 0 Å². The van der Waals surface area contributed by atoms with Gasteiger partial charge in [0.15, 0.2) is 0 Å². The molecule has 2 saturated carbocycles. The first-order valence-corrected chi connectivity index (χ1v) is 9.23. The van der Waals surface area contributed by atoms with Crippen LogP contribution >= 0.6 is 0 Å². The Bertz CT molecular complexity index is 568. The molecule has 3 rings (SSSR count). The summed E-state index contributed by atoms with van der Waals surface area (Å²) < 4.78 is 0. The van der Waals surface area contributed by atoms with Crippen LogP contribution in [0.1, 0.15) is 108 Å². The van der Waals surface area contributed by atoms with Crippen molar-refractivity contribution in [3.63, 3.8) is 0 Å². The van der Waals surface area contributed by atoms with E-state index in [4.69, 9.17) is 0 Å². The summed E-state index contributed by atoms with van der Waals surface area (Å²) in [7, 11) is 0. The summed E-state index contributed by atoms with van der Waals surface area (Å²) in [6.07, 6.45) is 10.7. The molecule has 24 heavy (non-hydrogen) atoms. The van der Waals surface area contributed by atoms with Crippen LogP contribution in [0.15, 0.2) is 12.1 Å². The van der Waals surface area contributed by atoms with Crippen LogP contribution in [0.3, 0.4) is 0 Å². The fourth-order valence-corrected chi connectivity index (χ4v) is 4.67. The minimum absolute atomic E-state index is 0.195. The standard InChI is InChI=1S/C20H26O4/c21-19(22)15-11-12-16(20(23)24)18(14-9-5-2-6-10-14)17(15)13-7-3-1-4-8-13/h11-14H,1-10H2,(H,21,22)(H,23,24). The molecule has 0 saturated heterocycles. The first kappa shape index (κ1) is 17.0. The van der Waals surface area contributed by atoms with Crippen LogP contribution in [0.2, 0.25) is 0 Å². The highest BCUT2D eigenvalue weighted by Gasteiger charge is 2.31. The van der Waals surface area contributed by atoms with Crippen LogP contribution in [0, 0.1) is 0 Å². The van der Waals surface area contributed by atoms with Crippen LogP contribution in [0.5, 0.6) is 0 Å². The minimum Gasteiger partial charge on any atom is -0.478 e. The lowest BCUT2D eigenvalue weighted by atomic mass is 9.72. The summed E-state index contributed by atoms with van der Waals surface area (Å²) in [5, 5.41) is 19.4. The Labute approximate surface area is 142 Å². The van der Waals surface area contributed by atoms with Crippen LogP contribution in [0.4, 0.5) is 0 Å². The van der Waals surface area contributed by atoms with Gasteiger partial charge in [0.05, 0.1) is 11.1 Å². The van der Waals surface area contributed by atoms with Gasteiger partial charge in [-0.15, -0.1) is 0 Å². The lowest BCUT2D eigenvalue weighted by Crippen LogP contribution is -2.20. The Balaban J connectivity index is 2.17. The van der Waals surface area contributed by atoms with Gasteiger partial charge in [-0.3, -0.25) is 0 Å². The second-order valence-corrected chi connectivity index (χ2v) is 7.27. The summed E-state index contributed by atoms with van der Waals surface area (Å²) in [4.78, 5) is 23.7. The molecule has 2 aliphatic carbocycles. The zero-order valence-electron chi connectivity index (χ0n) is 14.1. The highest BCUT2D eigenvalue weighted by Crippen LogP contribution is 2.44. The van der Waals surface area contributed by atoms with Crippen molar-refractivity contribution in [1.82, 2.24) is 0 Å². The second kappa shape index (κ2) is 7.37. The molecule has 2 fully saturated rings. The molecule has 4 heteroatoms. The molecule has 0 aromatic heterocycles. The van der Waals surface area contributed by atoms with Crippen molar-refractivity contribution < 1.29 is 19.8 Å². The van der Waals surface area contributed by atoms with E-state index in [1.165, 1.54) is 25.0 Å². The molecule has 0 aliphatic heterocycles. The first-order valence-electron chi connectivity index (χ1n) is 9.23. The molecule has 0 unspecified atom stereocenters. The van der Waals surface area contributed by atoms with Crippen molar-refractivity contribution in [3.05, 3.63) is 34.4 Å².